The van der Waals surface area contributed by atoms with Crippen LogP contribution in [0.4, 0.5) is 0 Å². The van der Waals surface area contributed by atoms with Gasteiger partial charge in [-0.15, -0.1) is 0 Å². The number of allylic oxidation sites excluding steroid dienone is 2. The van der Waals surface area contributed by atoms with Crippen LogP contribution in [-0.4, -0.2) is 5.78 Å². The summed E-state index contributed by atoms with van der Waals surface area (Å²) in [4.78, 5) is 12.2. The van der Waals surface area contributed by atoms with Crippen LogP contribution in [0.25, 0.3) is 0 Å². The second kappa shape index (κ2) is 2.80. The van der Waals surface area contributed by atoms with Crippen molar-refractivity contribution < 1.29 is 4.79 Å². The summed E-state index contributed by atoms with van der Waals surface area (Å²) in [7, 11) is 0. The van der Waals surface area contributed by atoms with Crippen LogP contribution in [0.1, 0.15) is 47.0 Å². The summed E-state index contributed by atoms with van der Waals surface area (Å²) in [5, 5.41) is 0. The standard InChI is InChI=1S/C15H22O/c1-9-8-10(16)12-13-11(9)15(12,4)7-5-6-14(13,2)3/h8,11-13H,5-7H2,1-4H3/t11?,12?,13-,15?/m0/s1. The Morgan fingerprint density at radius 3 is 2.50 bits per heavy atom. The lowest BCUT2D eigenvalue weighted by atomic mass is 9.38. The first-order valence-corrected chi connectivity index (χ1v) is 6.60. The van der Waals surface area contributed by atoms with Crippen molar-refractivity contribution in [1.82, 2.24) is 0 Å². The number of rotatable bonds is 0. The molecule has 1 heteroatoms. The van der Waals surface area contributed by atoms with E-state index < -0.39 is 0 Å². The van der Waals surface area contributed by atoms with Crippen LogP contribution in [0, 0.1) is 28.6 Å². The first-order chi connectivity index (χ1) is 7.38. The van der Waals surface area contributed by atoms with E-state index in [1.165, 1.54) is 24.8 Å². The molecule has 0 N–H and O–H groups in total. The maximum Gasteiger partial charge on any atom is 0.159 e. The summed E-state index contributed by atoms with van der Waals surface area (Å²) >= 11 is 0. The van der Waals surface area contributed by atoms with E-state index in [1.54, 1.807) is 0 Å². The number of hydrogen-bond acceptors (Lipinski definition) is 1. The van der Waals surface area contributed by atoms with Gasteiger partial charge in [0.15, 0.2) is 5.78 Å². The Morgan fingerprint density at radius 1 is 1.19 bits per heavy atom. The number of fused-ring (bicyclic) bond motifs is 1. The third-order valence-electron chi connectivity index (χ3n) is 5.75. The van der Waals surface area contributed by atoms with Gasteiger partial charge in [0.1, 0.15) is 0 Å². The maximum absolute atomic E-state index is 12.2. The van der Waals surface area contributed by atoms with E-state index in [0.29, 0.717) is 34.4 Å². The van der Waals surface area contributed by atoms with Gasteiger partial charge in [0.25, 0.3) is 0 Å². The van der Waals surface area contributed by atoms with Crippen LogP contribution < -0.4 is 0 Å². The molecule has 0 heterocycles. The summed E-state index contributed by atoms with van der Waals surface area (Å²) in [6, 6.07) is 0. The molecule has 2 saturated carbocycles. The average molecular weight is 218 g/mol. The van der Waals surface area contributed by atoms with Gasteiger partial charge in [-0.2, -0.15) is 0 Å². The monoisotopic (exact) mass is 218 g/mol. The van der Waals surface area contributed by atoms with Gasteiger partial charge in [-0.1, -0.05) is 32.8 Å². The van der Waals surface area contributed by atoms with Crippen LogP contribution in [0.3, 0.4) is 0 Å². The molecule has 0 amide bonds. The predicted molar refractivity (Wildman–Crippen MR) is 65.0 cm³/mol. The highest BCUT2D eigenvalue weighted by Gasteiger charge is 2.67. The lowest BCUT2D eigenvalue weighted by Crippen LogP contribution is -2.63. The van der Waals surface area contributed by atoms with Crippen LogP contribution in [-0.2, 0) is 4.79 Å². The van der Waals surface area contributed by atoms with Gasteiger partial charge in [0, 0.05) is 5.92 Å². The Balaban J connectivity index is 2.13. The summed E-state index contributed by atoms with van der Waals surface area (Å²) in [6.45, 7) is 9.27. The first-order valence-electron chi connectivity index (χ1n) is 6.60. The Bertz CT molecular complexity index is 390. The van der Waals surface area contributed by atoms with E-state index in [2.05, 4.69) is 27.7 Å². The van der Waals surface area contributed by atoms with Crippen LogP contribution in [0.2, 0.25) is 0 Å². The second-order valence-electron chi connectivity index (χ2n) is 7.12. The molecule has 16 heavy (non-hydrogen) atoms. The van der Waals surface area contributed by atoms with E-state index >= 15 is 0 Å². The Hall–Kier alpha value is -0.590. The molecule has 0 aromatic carbocycles. The first kappa shape index (κ1) is 10.6. The fourth-order valence-corrected chi connectivity index (χ4v) is 5.10. The molecule has 0 saturated heterocycles. The molecule has 1 nitrogen and oxygen atoms in total. The van der Waals surface area contributed by atoms with Crippen molar-refractivity contribution >= 4 is 5.78 Å². The summed E-state index contributed by atoms with van der Waals surface area (Å²) in [5.41, 5.74) is 2.01. The molecule has 4 rings (SSSR count). The topological polar surface area (TPSA) is 17.1 Å². The summed E-state index contributed by atoms with van der Waals surface area (Å²) in [6.07, 6.45) is 5.77. The Kier molecular flexibility index (Phi) is 1.85. The van der Waals surface area contributed by atoms with Crippen molar-refractivity contribution in [2.45, 2.75) is 47.0 Å². The fraction of sp³-hybridized carbons (Fsp3) is 0.800. The zero-order valence-electron chi connectivity index (χ0n) is 10.8. The molecule has 4 bridgehead atoms. The highest BCUT2D eigenvalue weighted by molar-refractivity contribution is 5.96. The number of carbonyl (C=O) groups excluding carboxylic acids is 1. The van der Waals surface area contributed by atoms with Gasteiger partial charge in [-0.25, -0.2) is 0 Å². The van der Waals surface area contributed by atoms with Crippen molar-refractivity contribution in [3.8, 4) is 0 Å². The maximum atomic E-state index is 12.2. The number of hydrogen-bond donors (Lipinski definition) is 0. The third-order valence-corrected chi connectivity index (χ3v) is 5.75. The quantitative estimate of drug-likeness (QED) is 0.607. The normalized spacial score (nSPS) is 49.1. The Morgan fingerprint density at radius 2 is 1.88 bits per heavy atom. The molecule has 88 valence electrons. The van der Waals surface area contributed by atoms with Gasteiger partial charge < -0.3 is 0 Å². The molecular formula is C15H22O. The van der Waals surface area contributed by atoms with Crippen molar-refractivity contribution in [2.24, 2.45) is 28.6 Å². The van der Waals surface area contributed by atoms with Gasteiger partial charge in [0.05, 0.1) is 0 Å². The van der Waals surface area contributed by atoms with E-state index in [1.807, 2.05) is 6.08 Å². The number of carbonyl (C=O) groups is 1. The van der Waals surface area contributed by atoms with E-state index in [9.17, 15) is 4.79 Å². The highest BCUT2D eigenvalue weighted by atomic mass is 16.1. The largest absolute Gasteiger partial charge is 0.295 e. The van der Waals surface area contributed by atoms with Crippen molar-refractivity contribution in [3.63, 3.8) is 0 Å². The van der Waals surface area contributed by atoms with Crippen molar-refractivity contribution in [1.29, 1.82) is 0 Å². The smallest absolute Gasteiger partial charge is 0.159 e. The molecule has 4 aliphatic rings. The molecule has 0 aromatic rings. The summed E-state index contributed by atoms with van der Waals surface area (Å²) in [5.74, 6) is 2.06. The molecule has 0 aromatic heterocycles. The molecule has 0 radical (unpaired) electrons. The van der Waals surface area contributed by atoms with Crippen LogP contribution in [0.5, 0.6) is 0 Å². The van der Waals surface area contributed by atoms with Crippen molar-refractivity contribution in [3.05, 3.63) is 11.6 Å². The van der Waals surface area contributed by atoms with Gasteiger partial charge >= 0.3 is 0 Å². The minimum absolute atomic E-state index is 0.300. The van der Waals surface area contributed by atoms with Gasteiger partial charge in [-0.05, 0) is 48.5 Å². The molecule has 3 unspecified atom stereocenters. The summed E-state index contributed by atoms with van der Waals surface area (Å²) < 4.78 is 0. The van der Waals surface area contributed by atoms with Gasteiger partial charge in [0.2, 0.25) is 0 Å². The molecule has 0 spiro atoms. The van der Waals surface area contributed by atoms with E-state index in [-0.39, 0.29) is 0 Å². The molecule has 2 fully saturated rings. The van der Waals surface area contributed by atoms with Crippen LogP contribution in [0.15, 0.2) is 11.6 Å². The number of ketones is 1. The zero-order chi connectivity index (χ0) is 11.7. The third kappa shape index (κ3) is 1.00. The second-order valence-corrected chi connectivity index (χ2v) is 7.12. The highest BCUT2D eigenvalue weighted by Crippen LogP contribution is 2.71. The van der Waals surface area contributed by atoms with Crippen LogP contribution >= 0.6 is 0 Å². The van der Waals surface area contributed by atoms with E-state index in [0.717, 1.165) is 0 Å². The van der Waals surface area contributed by atoms with Crippen molar-refractivity contribution in [2.75, 3.05) is 0 Å². The minimum Gasteiger partial charge on any atom is -0.295 e. The lowest BCUT2D eigenvalue weighted by molar-refractivity contribution is -0.164. The van der Waals surface area contributed by atoms with Gasteiger partial charge in [-0.3, -0.25) is 4.79 Å². The zero-order valence-corrected chi connectivity index (χ0v) is 10.8. The minimum atomic E-state index is 0.300. The fourth-order valence-electron chi connectivity index (χ4n) is 5.10. The molecule has 0 aliphatic heterocycles. The van der Waals surface area contributed by atoms with E-state index in [4.69, 9.17) is 0 Å². The predicted octanol–water partition coefficient (Wildman–Crippen LogP) is 3.59. The molecule has 4 atom stereocenters. The molecule has 4 aliphatic carbocycles. The average Bonchev–Trinajstić information content (AvgIpc) is 2.28. The lowest BCUT2D eigenvalue weighted by Gasteiger charge is -2.64. The SMILES string of the molecule is CC1=CC(=O)C2[C@@H]3C1C2(C)CCCC3(C)C. The molecular weight excluding hydrogens is 196 g/mol. The Labute approximate surface area is 98.3 Å².